The molecule has 0 saturated carbocycles. The van der Waals surface area contributed by atoms with Crippen LogP contribution in [0, 0.1) is 0 Å². The molecule has 0 bridgehead atoms. The number of aromatic hydroxyl groups is 1. The zero-order valence-corrected chi connectivity index (χ0v) is 13.8. The predicted octanol–water partition coefficient (Wildman–Crippen LogP) is 3.55. The molecule has 0 saturated heterocycles. The first-order valence-corrected chi connectivity index (χ1v) is 8.33. The predicted molar refractivity (Wildman–Crippen MR) is 90.0 cm³/mol. The Bertz CT molecular complexity index is 740. The second-order valence-electron chi connectivity index (χ2n) is 5.23. The summed E-state index contributed by atoms with van der Waals surface area (Å²) in [5, 5.41) is 18.4. The molecule has 0 radical (unpaired) electrons. The summed E-state index contributed by atoms with van der Waals surface area (Å²) >= 11 is 1.59. The maximum atomic E-state index is 12.3. The fourth-order valence-electron chi connectivity index (χ4n) is 2.71. The summed E-state index contributed by atoms with van der Waals surface area (Å²) in [5.74, 6) is 0.399. The number of benzene rings is 1. The van der Waals surface area contributed by atoms with E-state index in [4.69, 9.17) is 4.74 Å². The van der Waals surface area contributed by atoms with Gasteiger partial charge in [-0.25, -0.2) is 5.01 Å². The minimum atomic E-state index is -0.311. The van der Waals surface area contributed by atoms with E-state index >= 15 is 0 Å². The topological polar surface area (TPSA) is 62.1 Å². The fraction of sp³-hybridized carbons (Fsp3) is 0.294. The van der Waals surface area contributed by atoms with Crippen molar-refractivity contribution in [3.05, 3.63) is 46.2 Å². The van der Waals surface area contributed by atoms with Crippen molar-refractivity contribution >= 4 is 23.0 Å². The standard InChI is InChI=1S/C17H18N2O3S/c1-3-16(20)19-13(10-12(18-19)15-8-5-9-23-15)11-6-4-7-14(22-2)17(11)21/h4-9,13,21H,3,10H2,1-2H3/t13-/m1/s1. The van der Waals surface area contributed by atoms with Crippen molar-refractivity contribution in [1.82, 2.24) is 5.01 Å². The summed E-state index contributed by atoms with van der Waals surface area (Å²) in [6, 6.07) is 8.96. The molecule has 0 unspecified atom stereocenters. The van der Waals surface area contributed by atoms with Gasteiger partial charge in [-0.15, -0.1) is 11.3 Å². The number of rotatable bonds is 4. The number of carbonyl (C=O) groups is 1. The van der Waals surface area contributed by atoms with Crippen LogP contribution < -0.4 is 4.74 Å². The van der Waals surface area contributed by atoms with Crippen LogP contribution in [0.5, 0.6) is 11.5 Å². The summed E-state index contributed by atoms with van der Waals surface area (Å²) in [7, 11) is 1.51. The molecule has 3 rings (SSSR count). The van der Waals surface area contributed by atoms with Gasteiger partial charge < -0.3 is 9.84 Å². The molecule has 1 aliphatic heterocycles. The van der Waals surface area contributed by atoms with Crippen LogP contribution in [0.25, 0.3) is 0 Å². The Morgan fingerprint density at radius 1 is 1.43 bits per heavy atom. The lowest BCUT2D eigenvalue weighted by Gasteiger charge is -2.22. The van der Waals surface area contributed by atoms with Crippen LogP contribution in [0.1, 0.15) is 36.2 Å². The number of amides is 1. The van der Waals surface area contributed by atoms with Gasteiger partial charge in [-0.05, 0) is 17.5 Å². The molecule has 0 aliphatic carbocycles. The number of hydrazone groups is 1. The summed E-state index contributed by atoms with van der Waals surface area (Å²) in [6.07, 6.45) is 0.940. The van der Waals surface area contributed by atoms with Gasteiger partial charge in [0.05, 0.1) is 23.7 Å². The molecule has 6 heteroatoms. The molecule has 5 nitrogen and oxygen atoms in total. The van der Waals surface area contributed by atoms with Gasteiger partial charge in [0, 0.05) is 18.4 Å². The number of thiophene rings is 1. The second-order valence-corrected chi connectivity index (χ2v) is 6.18. The molecule has 1 aromatic heterocycles. The number of carbonyl (C=O) groups excluding carboxylic acids is 1. The van der Waals surface area contributed by atoms with Crippen molar-refractivity contribution in [2.75, 3.05) is 7.11 Å². The molecule has 2 heterocycles. The van der Waals surface area contributed by atoms with E-state index in [1.54, 1.807) is 17.4 Å². The first-order chi connectivity index (χ1) is 11.2. The van der Waals surface area contributed by atoms with Crippen LogP contribution >= 0.6 is 11.3 Å². The van der Waals surface area contributed by atoms with Gasteiger partial charge in [-0.3, -0.25) is 4.79 Å². The van der Waals surface area contributed by atoms with Gasteiger partial charge in [-0.2, -0.15) is 5.10 Å². The zero-order chi connectivity index (χ0) is 16.4. The van der Waals surface area contributed by atoms with Gasteiger partial charge in [0.15, 0.2) is 11.5 Å². The van der Waals surface area contributed by atoms with Crippen LogP contribution in [0.2, 0.25) is 0 Å². The van der Waals surface area contributed by atoms with Crippen LogP contribution in [-0.4, -0.2) is 28.8 Å². The first-order valence-electron chi connectivity index (χ1n) is 7.45. The van der Waals surface area contributed by atoms with Crippen LogP contribution in [0.15, 0.2) is 40.8 Å². The average Bonchev–Trinajstić information content (AvgIpc) is 3.23. The summed E-state index contributed by atoms with van der Waals surface area (Å²) in [4.78, 5) is 13.3. The van der Waals surface area contributed by atoms with Gasteiger partial charge in [-0.1, -0.05) is 25.1 Å². The maximum absolute atomic E-state index is 12.3. The lowest BCUT2D eigenvalue weighted by molar-refractivity contribution is -0.132. The summed E-state index contributed by atoms with van der Waals surface area (Å²) in [6.45, 7) is 1.81. The lowest BCUT2D eigenvalue weighted by atomic mass is 9.99. The van der Waals surface area contributed by atoms with E-state index in [1.807, 2.05) is 36.6 Å². The highest BCUT2D eigenvalue weighted by molar-refractivity contribution is 7.12. The highest BCUT2D eigenvalue weighted by Gasteiger charge is 2.34. The molecular formula is C17H18N2O3S. The third kappa shape index (κ3) is 2.82. The molecule has 1 aromatic carbocycles. The Morgan fingerprint density at radius 2 is 2.26 bits per heavy atom. The van der Waals surface area contributed by atoms with Crippen molar-refractivity contribution in [3.63, 3.8) is 0 Å². The fourth-order valence-corrected chi connectivity index (χ4v) is 3.43. The highest BCUT2D eigenvalue weighted by Crippen LogP contribution is 2.41. The Kier molecular flexibility index (Phi) is 4.34. The molecule has 1 atom stereocenters. The molecule has 23 heavy (non-hydrogen) atoms. The normalized spacial score (nSPS) is 17.2. The largest absolute Gasteiger partial charge is 0.504 e. The SMILES string of the molecule is CCC(=O)N1N=C(c2cccs2)C[C@@H]1c1cccc(OC)c1O. The van der Waals surface area contributed by atoms with Crippen LogP contribution in [0.4, 0.5) is 0 Å². The Balaban J connectivity index is 2.00. The van der Waals surface area contributed by atoms with E-state index in [-0.39, 0.29) is 17.7 Å². The second kappa shape index (κ2) is 6.42. The minimum Gasteiger partial charge on any atom is -0.504 e. The third-order valence-corrected chi connectivity index (χ3v) is 4.80. The van der Waals surface area contributed by atoms with E-state index < -0.39 is 0 Å². The van der Waals surface area contributed by atoms with Crippen molar-refractivity contribution in [3.8, 4) is 11.5 Å². The first kappa shape index (κ1) is 15.6. The minimum absolute atomic E-state index is 0.0659. The number of hydrogen-bond donors (Lipinski definition) is 1. The van der Waals surface area contributed by atoms with E-state index in [9.17, 15) is 9.90 Å². The molecule has 1 N–H and O–H groups in total. The third-order valence-electron chi connectivity index (χ3n) is 3.88. The number of methoxy groups -OCH3 is 1. The molecule has 1 aliphatic rings. The number of para-hydroxylation sites is 1. The number of nitrogens with zero attached hydrogens (tertiary/aromatic N) is 2. The smallest absolute Gasteiger partial charge is 0.242 e. The molecule has 0 fully saturated rings. The number of phenols is 1. The van der Waals surface area contributed by atoms with E-state index in [0.717, 1.165) is 10.6 Å². The lowest BCUT2D eigenvalue weighted by Crippen LogP contribution is -2.26. The van der Waals surface area contributed by atoms with E-state index in [0.29, 0.717) is 24.2 Å². The van der Waals surface area contributed by atoms with Crippen LogP contribution in [0.3, 0.4) is 0 Å². The monoisotopic (exact) mass is 330 g/mol. The summed E-state index contributed by atoms with van der Waals surface area (Å²) in [5.41, 5.74) is 1.52. The molecule has 2 aromatic rings. The maximum Gasteiger partial charge on any atom is 0.242 e. The van der Waals surface area contributed by atoms with Gasteiger partial charge in [0.25, 0.3) is 0 Å². The van der Waals surface area contributed by atoms with Gasteiger partial charge in [0.2, 0.25) is 5.91 Å². The van der Waals surface area contributed by atoms with Crippen molar-refractivity contribution in [1.29, 1.82) is 0 Å². The Morgan fingerprint density at radius 3 is 2.91 bits per heavy atom. The highest BCUT2D eigenvalue weighted by atomic mass is 32.1. The molecule has 120 valence electrons. The van der Waals surface area contributed by atoms with Gasteiger partial charge >= 0.3 is 0 Å². The Hall–Kier alpha value is -2.34. The number of phenolic OH excluding ortho intramolecular Hbond substituents is 1. The molecule has 1 amide bonds. The molecular weight excluding hydrogens is 312 g/mol. The van der Waals surface area contributed by atoms with Crippen LogP contribution in [-0.2, 0) is 4.79 Å². The van der Waals surface area contributed by atoms with Crippen molar-refractivity contribution in [2.24, 2.45) is 5.10 Å². The van der Waals surface area contributed by atoms with E-state index in [2.05, 4.69) is 5.10 Å². The van der Waals surface area contributed by atoms with E-state index in [1.165, 1.54) is 12.1 Å². The number of ether oxygens (including phenoxy) is 1. The zero-order valence-electron chi connectivity index (χ0n) is 13.0. The molecule has 0 spiro atoms. The Labute approximate surface area is 138 Å². The summed E-state index contributed by atoms with van der Waals surface area (Å²) < 4.78 is 5.18. The van der Waals surface area contributed by atoms with Gasteiger partial charge in [0.1, 0.15) is 0 Å². The number of hydrogen-bond acceptors (Lipinski definition) is 5. The average molecular weight is 330 g/mol. The van der Waals surface area contributed by atoms with Crippen molar-refractivity contribution < 1.29 is 14.6 Å². The van der Waals surface area contributed by atoms with Crippen molar-refractivity contribution in [2.45, 2.75) is 25.8 Å². The quantitative estimate of drug-likeness (QED) is 0.932.